The minimum atomic E-state index is 0.469. The SMILES string of the molecule is CCc1ccc(Nc2ncnc(Nc3cccc(Br)c3)c2N)cc1. The minimum absolute atomic E-state index is 0.469. The zero-order valence-corrected chi connectivity index (χ0v) is 14.8. The lowest BCUT2D eigenvalue weighted by Crippen LogP contribution is -2.05. The van der Waals surface area contributed by atoms with Crippen molar-refractivity contribution in [2.45, 2.75) is 13.3 Å². The first-order valence-electron chi connectivity index (χ1n) is 7.64. The van der Waals surface area contributed by atoms with Crippen LogP contribution in [0.15, 0.2) is 59.3 Å². The summed E-state index contributed by atoms with van der Waals surface area (Å²) in [4.78, 5) is 8.47. The fraction of sp³-hybridized carbons (Fsp3) is 0.111. The van der Waals surface area contributed by atoms with Crippen LogP contribution in [-0.4, -0.2) is 9.97 Å². The highest BCUT2D eigenvalue weighted by atomic mass is 79.9. The number of hydrogen-bond acceptors (Lipinski definition) is 5. The summed E-state index contributed by atoms with van der Waals surface area (Å²) in [5, 5.41) is 6.45. The molecule has 3 rings (SSSR count). The van der Waals surface area contributed by atoms with Crippen LogP contribution in [0.2, 0.25) is 0 Å². The number of benzene rings is 2. The molecule has 4 N–H and O–H groups in total. The molecule has 1 aromatic heterocycles. The van der Waals surface area contributed by atoms with Crippen LogP contribution < -0.4 is 16.4 Å². The Bertz CT molecular complexity index is 833. The van der Waals surface area contributed by atoms with E-state index in [1.807, 2.05) is 36.4 Å². The van der Waals surface area contributed by atoms with Gasteiger partial charge in [0.2, 0.25) is 0 Å². The van der Waals surface area contributed by atoms with Crippen LogP contribution in [0.1, 0.15) is 12.5 Å². The largest absolute Gasteiger partial charge is 0.393 e. The van der Waals surface area contributed by atoms with Gasteiger partial charge >= 0.3 is 0 Å². The normalized spacial score (nSPS) is 10.4. The van der Waals surface area contributed by atoms with Gasteiger partial charge in [0.05, 0.1) is 0 Å². The van der Waals surface area contributed by atoms with Gasteiger partial charge in [0.25, 0.3) is 0 Å². The fourth-order valence-electron chi connectivity index (χ4n) is 2.26. The molecule has 0 amide bonds. The lowest BCUT2D eigenvalue weighted by molar-refractivity contribution is 1.14. The first-order chi connectivity index (χ1) is 11.7. The number of hydrogen-bond donors (Lipinski definition) is 3. The van der Waals surface area contributed by atoms with Gasteiger partial charge in [-0.3, -0.25) is 0 Å². The van der Waals surface area contributed by atoms with E-state index in [2.05, 4.69) is 55.6 Å². The Morgan fingerprint density at radius 2 is 1.62 bits per heavy atom. The van der Waals surface area contributed by atoms with Crippen molar-refractivity contribution in [1.29, 1.82) is 0 Å². The molecular formula is C18H18BrN5. The van der Waals surface area contributed by atoms with Crippen LogP contribution in [0.5, 0.6) is 0 Å². The predicted molar refractivity (Wildman–Crippen MR) is 103 cm³/mol. The van der Waals surface area contributed by atoms with E-state index in [0.29, 0.717) is 17.3 Å². The number of rotatable bonds is 5. The third kappa shape index (κ3) is 3.83. The maximum Gasteiger partial charge on any atom is 0.159 e. The Morgan fingerprint density at radius 1 is 0.958 bits per heavy atom. The lowest BCUT2D eigenvalue weighted by atomic mass is 10.1. The second-order valence-electron chi connectivity index (χ2n) is 5.30. The lowest BCUT2D eigenvalue weighted by Gasteiger charge is -2.13. The number of halogens is 1. The van der Waals surface area contributed by atoms with Crippen molar-refractivity contribution >= 4 is 44.6 Å². The number of nitrogen functional groups attached to an aromatic ring is 1. The van der Waals surface area contributed by atoms with Crippen molar-refractivity contribution in [2.75, 3.05) is 16.4 Å². The molecule has 122 valence electrons. The van der Waals surface area contributed by atoms with Gasteiger partial charge < -0.3 is 16.4 Å². The summed E-state index contributed by atoms with van der Waals surface area (Å²) in [6.45, 7) is 2.13. The maximum atomic E-state index is 6.21. The smallest absolute Gasteiger partial charge is 0.159 e. The van der Waals surface area contributed by atoms with Crippen LogP contribution in [0.4, 0.5) is 28.7 Å². The van der Waals surface area contributed by atoms with Crippen molar-refractivity contribution < 1.29 is 0 Å². The fourth-order valence-corrected chi connectivity index (χ4v) is 2.66. The molecule has 0 aliphatic heterocycles. The van der Waals surface area contributed by atoms with Crippen LogP contribution in [-0.2, 0) is 6.42 Å². The molecule has 2 aromatic carbocycles. The number of aryl methyl sites for hydroxylation is 1. The van der Waals surface area contributed by atoms with Gasteiger partial charge in [-0.05, 0) is 42.3 Å². The molecule has 0 bridgehead atoms. The van der Waals surface area contributed by atoms with E-state index >= 15 is 0 Å². The van der Waals surface area contributed by atoms with Crippen molar-refractivity contribution in [2.24, 2.45) is 0 Å². The van der Waals surface area contributed by atoms with Crippen molar-refractivity contribution in [1.82, 2.24) is 9.97 Å². The summed E-state index contributed by atoms with van der Waals surface area (Å²) in [6, 6.07) is 16.0. The zero-order valence-electron chi connectivity index (χ0n) is 13.3. The molecular weight excluding hydrogens is 366 g/mol. The summed E-state index contributed by atoms with van der Waals surface area (Å²) in [6.07, 6.45) is 2.50. The van der Waals surface area contributed by atoms with Crippen LogP contribution in [0, 0.1) is 0 Å². The zero-order chi connectivity index (χ0) is 16.9. The highest BCUT2D eigenvalue weighted by molar-refractivity contribution is 9.10. The van der Waals surface area contributed by atoms with Crippen molar-refractivity contribution in [3.05, 3.63) is 64.9 Å². The Labute approximate surface area is 149 Å². The average Bonchev–Trinajstić information content (AvgIpc) is 2.59. The molecule has 0 radical (unpaired) electrons. The Hall–Kier alpha value is -2.60. The number of nitrogens with zero attached hydrogens (tertiary/aromatic N) is 2. The maximum absolute atomic E-state index is 6.21. The van der Waals surface area contributed by atoms with E-state index in [9.17, 15) is 0 Å². The molecule has 0 aliphatic rings. The quantitative estimate of drug-likeness (QED) is 0.585. The Kier molecular flexibility index (Phi) is 4.96. The Morgan fingerprint density at radius 3 is 2.25 bits per heavy atom. The summed E-state index contributed by atoms with van der Waals surface area (Å²) >= 11 is 3.45. The Balaban J connectivity index is 1.82. The standard InChI is InChI=1S/C18H18BrN5/c1-2-12-6-8-14(9-7-12)23-17-16(20)18(22-11-21-17)24-15-5-3-4-13(19)10-15/h3-11H,2,20H2,1H3,(H2,21,22,23,24). The van der Waals surface area contributed by atoms with Gasteiger partial charge in [-0.1, -0.05) is 41.1 Å². The number of anilines is 5. The van der Waals surface area contributed by atoms with Gasteiger partial charge in [0, 0.05) is 15.8 Å². The first-order valence-corrected chi connectivity index (χ1v) is 8.44. The minimum Gasteiger partial charge on any atom is -0.393 e. The highest BCUT2D eigenvalue weighted by Crippen LogP contribution is 2.28. The molecule has 0 unspecified atom stereocenters. The molecule has 0 aliphatic carbocycles. The summed E-state index contributed by atoms with van der Waals surface area (Å²) in [5.41, 5.74) is 9.80. The molecule has 0 spiro atoms. The topological polar surface area (TPSA) is 75.9 Å². The second kappa shape index (κ2) is 7.31. The van der Waals surface area contributed by atoms with Gasteiger partial charge in [-0.2, -0.15) is 0 Å². The van der Waals surface area contributed by atoms with Gasteiger partial charge in [0.1, 0.15) is 12.0 Å². The molecule has 0 saturated carbocycles. The van der Waals surface area contributed by atoms with Crippen LogP contribution in [0.25, 0.3) is 0 Å². The second-order valence-corrected chi connectivity index (χ2v) is 6.21. The monoisotopic (exact) mass is 383 g/mol. The molecule has 5 nitrogen and oxygen atoms in total. The van der Waals surface area contributed by atoms with E-state index in [4.69, 9.17) is 5.73 Å². The van der Waals surface area contributed by atoms with Gasteiger partial charge in [-0.15, -0.1) is 0 Å². The van der Waals surface area contributed by atoms with Crippen molar-refractivity contribution in [3.63, 3.8) is 0 Å². The average molecular weight is 384 g/mol. The molecule has 0 atom stereocenters. The van der Waals surface area contributed by atoms with Gasteiger partial charge in [0.15, 0.2) is 11.6 Å². The molecule has 0 fully saturated rings. The van der Waals surface area contributed by atoms with E-state index in [1.165, 1.54) is 11.9 Å². The number of nitrogens with two attached hydrogens (primary N) is 1. The van der Waals surface area contributed by atoms with E-state index < -0.39 is 0 Å². The van der Waals surface area contributed by atoms with Crippen LogP contribution in [0.3, 0.4) is 0 Å². The summed E-state index contributed by atoms with van der Waals surface area (Å²) < 4.78 is 0.981. The highest BCUT2D eigenvalue weighted by Gasteiger charge is 2.09. The van der Waals surface area contributed by atoms with E-state index in [0.717, 1.165) is 22.3 Å². The van der Waals surface area contributed by atoms with E-state index in [-0.39, 0.29) is 0 Å². The molecule has 24 heavy (non-hydrogen) atoms. The molecule has 3 aromatic rings. The molecule has 6 heteroatoms. The van der Waals surface area contributed by atoms with E-state index in [1.54, 1.807) is 0 Å². The van der Waals surface area contributed by atoms with Crippen molar-refractivity contribution in [3.8, 4) is 0 Å². The third-order valence-corrected chi connectivity index (χ3v) is 4.09. The third-order valence-electron chi connectivity index (χ3n) is 3.60. The predicted octanol–water partition coefficient (Wildman–Crippen LogP) is 4.87. The van der Waals surface area contributed by atoms with Gasteiger partial charge in [-0.25, -0.2) is 9.97 Å². The summed E-state index contributed by atoms with van der Waals surface area (Å²) in [5.74, 6) is 1.14. The number of aromatic nitrogens is 2. The first kappa shape index (κ1) is 16.3. The summed E-state index contributed by atoms with van der Waals surface area (Å²) in [7, 11) is 0. The molecule has 1 heterocycles. The number of nitrogens with one attached hydrogen (secondary N) is 2. The van der Waals surface area contributed by atoms with Crippen LogP contribution >= 0.6 is 15.9 Å². The molecule has 0 saturated heterocycles.